The summed E-state index contributed by atoms with van der Waals surface area (Å²) in [6, 6.07) is 5.48. The number of imide groups is 1. The second-order valence-electron chi connectivity index (χ2n) is 7.18. The standard InChI is InChI=1S/C18H16Br2N2O5/c19-14-9-5-10(15(14)20)13-12(9)16(24)22(17(13)25)6-11(23)21-8-3-1-7(2-4-8)18(26)27/h1-4,9-10,12-15H,5-6H2,(H,21,23)(H,26,27)/p-1/t9-,10+,12+,13-,14-,15-/m1/s1. The van der Waals surface area contributed by atoms with E-state index in [1.54, 1.807) is 0 Å². The van der Waals surface area contributed by atoms with E-state index in [-0.39, 0.29) is 57.2 Å². The lowest BCUT2D eigenvalue weighted by molar-refractivity contribution is -0.255. The quantitative estimate of drug-likeness (QED) is 0.487. The van der Waals surface area contributed by atoms with Gasteiger partial charge in [0.1, 0.15) is 6.54 Å². The molecule has 6 atom stereocenters. The predicted molar refractivity (Wildman–Crippen MR) is 100 cm³/mol. The highest BCUT2D eigenvalue weighted by molar-refractivity contribution is 9.12. The number of hydrogen-bond donors (Lipinski definition) is 1. The van der Waals surface area contributed by atoms with Crippen molar-refractivity contribution in [1.29, 1.82) is 0 Å². The van der Waals surface area contributed by atoms with Gasteiger partial charge in [0.15, 0.2) is 0 Å². The van der Waals surface area contributed by atoms with Gasteiger partial charge < -0.3 is 15.2 Å². The topological polar surface area (TPSA) is 107 Å². The fourth-order valence-corrected chi connectivity index (χ4v) is 6.47. The van der Waals surface area contributed by atoms with Crippen molar-refractivity contribution in [3.8, 4) is 0 Å². The van der Waals surface area contributed by atoms with Crippen LogP contribution in [0.5, 0.6) is 0 Å². The molecule has 27 heavy (non-hydrogen) atoms. The number of hydrogen-bond acceptors (Lipinski definition) is 5. The summed E-state index contributed by atoms with van der Waals surface area (Å²) in [5.74, 6) is -2.86. The maximum atomic E-state index is 12.8. The monoisotopic (exact) mass is 497 g/mol. The molecule has 0 aromatic heterocycles. The second-order valence-corrected chi connectivity index (χ2v) is 9.29. The number of halogens is 2. The number of carboxylic acids is 1. The first-order chi connectivity index (χ1) is 12.8. The number of aromatic carboxylic acids is 1. The molecule has 0 radical (unpaired) electrons. The van der Waals surface area contributed by atoms with E-state index in [0.717, 1.165) is 11.3 Å². The Morgan fingerprint density at radius 3 is 2.04 bits per heavy atom. The fraction of sp³-hybridized carbons (Fsp3) is 0.444. The molecule has 1 saturated heterocycles. The van der Waals surface area contributed by atoms with Gasteiger partial charge in [-0.1, -0.05) is 44.0 Å². The second kappa shape index (κ2) is 6.70. The molecule has 2 bridgehead atoms. The van der Waals surface area contributed by atoms with E-state index in [4.69, 9.17) is 0 Å². The Labute approximate surface area is 171 Å². The van der Waals surface area contributed by atoms with Crippen LogP contribution in [0.4, 0.5) is 5.69 Å². The minimum Gasteiger partial charge on any atom is -0.545 e. The van der Waals surface area contributed by atoms with Gasteiger partial charge in [0.05, 0.1) is 17.8 Å². The summed E-state index contributed by atoms with van der Waals surface area (Å²) in [4.78, 5) is 49.9. The van der Waals surface area contributed by atoms with E-state index in [2.05, 4.69) is 37.2 Å². The van der Waals surface area contributed by atoms with Crippen LogP contribution in [-0.2, 0) is 14.4 Å². The van der Waals surface area contributed by atoms with Gasteiger partial charge in [-0.05, 0) is 36.0 Å². The third-order valence-electron chi connectivity index (χ3n) is 5.78. The molecular weight excluding hydrogens is 484 g/mol. The number of alkyl halides is 2. The molecule has 1 aromatic rings. The first-order valence-electron chi connectivity index (χ1n) is 8.54. The number of fused-ring (bicyclic) bond motifs is 5. The zero-order valence-electron chi connectivity index (χ0n) is 13.9. The maximum Gasteiger partial charge on any atom is 0.244 e. The summed E-state index contributed by atoms with van der Waals surface area (Å²) in [6.07, 6.45) is 0.837. The van der Waals surface area contributed by atoms with Crippen molar-refractivity contribution >= 4 is 61.2 Å². The molecule has 0 spiro atoms. The van der Waals surface area contributed by atoms with Crippen LogP contribution in [0.3, 0.4) is 0 Å². The molecule has 9 heteroatoms. The normalized spacial score (nSPS) is 34.1. The number of carbonyl (C=O) groups is 4. The summed E-state index contributed by atoms with van der Waals surface area (Å²) in [5.41, 5.74) is 0.375. The smallest absolute Gasteiger partial charge is 0.244 e. The molecule has 1 aromatic carbocycles. The van der Waals surface area contributed by atoms with Crippen molar-refractivity contribution in [3.05, 3.63) is 29.8 Å². The number of carbonyl (C=O) groups excluding carboxylic acids is 4. The number of anilines is 1. The van der Waals surface area contributed by atoms with Crippen LogP contribution >= 0.6 is 31.9 Å². The van der Waals surface area contributed by atoms with Crippen molar-refractivity contribution in [3.63, 3.8) is 0 Å². The molecule has 0 unspecified atom stereocenters. The third kappa shape index (κ3) is 2.91. The molecule has 4 rings (SSSR count). The summed E-state index contributed by atoms with van der Waals surface area (Å²) < 4.78 is 0. The summed E-state index contributed by atoms with van der Waals surface area (Å²) in [7, 11) is 0. The van der Waals surface area contributed by atoms with E-state index in [1.165, 1.54) is 24.3 Å². The minimum absolute atomic E-state index is 0.00477. The molecule has 1 aliphatic heterocycles. The van der Waals surface area contributed by atoms with Gasteiger partial charge in [0.2, 0.25) is 17.7 Å². The maximum absolute atomic E-state index is 12.8. The fourth-order valence-electron chi connectivity index (χ4n) is 4.60. The number of rotatable bonds is 4. The van der Waals surface area contributed by atoms with Crippen molar-refractivity contribution < 1.29 is 24.3 Å². The number of nitrogens with zero attached hydrogens (tertiary/aromatic N) is 1. The largest absolute Gasteiger partial charge is 0.545 e. The van der Waals surface area contributed by atoms with Crippen LogP contribution in [0.1, 0.15) is 16.8 Å². The molecule has 1 heterocycles. The zero-order chi connectivity index (χ0) is 19.5. The summed E-state index contributed by atoms with van der Waals surface area (Å²) >= 11 is 7.24. The van der Waals surface area contributed by atoms with Gasteiger partial charge in [0.25, 0.3) is 0 Å². The van der Waals surface area contributed by atoms with Crippen LogP contribution in [0.15, 0.2) is 24.3 Å². The molecule has 3 fully saturated rings. The van der Waals surface area contributed by atoms with Gasteiger partial charge in [-0.15, -0.1) is 0 Å². The molecule has 3 amide bonds. The van der Waals surface area contributed by atoms with Crippen LogP contribution in [0, 0.1) is 23.7 Å². The van der Waals surface area contributed by atoms with Gasteiger partial charge in [0, 0.05) is 15.3 Å². The highest BCUT2D eigenvalue weighted by Crippen LogP contribution is 2.60. The average Bonchev–Trinajstić information content (AvgIpc) is 3.23. The molecule has 2 aliphatic carbocycles. The van der Waals surface area contributed by atoms with Crippen LogP contribution in [0.25, 0.3) is 0 Å². The average molecular weight is 499 g/mol. The van der Waals surface area contributed by atoms with E-state index < -0.39 is 11.9 Å². The van der Waals surface area contributed by atoms with E-state index >= 15 is 0 Å². The number of amides is 3. The van der Waals surface area contributed by atoms with Gasteiger partial charge in [-0.3, -0.25) is 19.3 Å². The first kappa shape index (κ1) is 18.6. The van der Waals surface area contributed by atoms with Crippen molar-refractivity contribution in [2.75, 3.05) is 11.9 Å². The van der Waals surface area contributed by atoms with Gasteiger partial charge in [-0.2, -0.15) is 0 Å². The minimum atomic E-state index is -1.31. The lowest BCUT2D eigenvalue weighted by Gasteiger charge is -2.28. The molecule has 7 nitrogen and oxygen atoms in total. The molecule has 2 saturated carbocycles. The highest BCUT2D eigenvalue weighted by atomic mass is 79.9. The van der Waals surface area contributed by atoms with Crippen molar-refractivity contribution in [2.45, 2.75) is 16.1 Å². The lowest BCUT2D eigenvalue weighted by Crippen LogP contribution is -2.39. The molecule has 142 valence electrons. The van der Waals surface area contributed by atoms with Crippen molar-refractivity contribution in [1.82, 2.24) is 4.90 Å². The number of carboxylic acid groups (broad SMARTS) is 1. The van der Waals surface area contributed by atoms with Crippen LogP contribution < -0.4 is 10.4 Å². The predicted octanol–water partition coefficient (Wildman–Crippen LogP) is 0.766. The van der Waals surface area contributed by atoms with E-state index in [0.29, 0.717) is 5.69 Å². The first-order valence-corrected chi connectivity index (χ1v) is 10.4. The van der Waals surface area contributed by atoms with Gasteiger partial charge in [-0.25, -0.2) is 0 Å². The summed E-state index contributed by atoms with van der Waals surface area (Å²) in [6.45, 7) is -0.341. The number of nitrogens with one attached hydrogen (secondary N) is 1. The Morgan fingerprint density at radius 1 is 1.04 bits per heavy atom. The molecular formula is C18H15Br2N2O5-. The van der Waals surface area contributed by atoms with Crippen molar-refractivity contribution in [2.24, 2.45) is 23.7 Å². The molecule has 3 aliphatic rings. The van der Waals surface area contributed by atoms with E-state index in [9.17, 15) is 24.3 Å². The molecule has 1 N–H and O–H groups in total. The van der Waals surface area contributed by atoms with Crippen LogP contribution in [-0.4, -0.2) is 44.8 Å². The van der Waals surface area contributed by atoms with Gasteiger partial charge >= 0.3 is 0 Å². The summed E-state index contributed by atoms with van der Waals surface area (Å²) in [5, 5.41) is 13.3. The van der Waals surface area contributed by atoms with Crippen LogP contribution in [0.2, 0.25) is 0 Å². The Kier molecular flexibility index (Phi) is 4.62. The number of benzene rings is 1. The number of likely N-dealkylation sites (tertiary alicyclic amines) is 1. The Bertz CT molecular complexity index is 811. The zero-order valence-corrected chi connectivity index (χ0v) is 17.1. The Hall–Kier alpha value is -1.74. The third-order valence-corrected chi connectivity index (χ3v) is 8.99. The SMILES string of the molecule is O=C(CN1C(=O)[C@@H]2[C@@H]3C[C@@H]([C@@H](Br)[C@@H]3Br)[C@@H]2C1=O)Nc1ccc(C(=O)[O-])cc1. The Balaban J connectivity index is 1.44. The lowest BCUT2D eigenvalue weighted by atomic mass is 9.81. The Morgan fingerprint density at radius 2 is 1.56 bits per heavy atom. The highest BCUT2D eigenvalue weighted by Gasteiger charge is 2.66. The van der Waals surface area contributed by atoms with E-state index in [1.807, 2.05) is 0 Å².